The minimum atomic E-state index is -0.229. The number of carbonyl (C=O) groups excluding carboxylic acids is 2. The van der Waals surface area contributed by atoms with E-state index in [-0.39, 0.29) is 18.3 Å². The predicted molar refractivity (Wildman–Crippen MR) is 138 cm³/mol. The van der Waals surface area contributed by atoms with Crippen LogP contribution in [0.25, 0.3) is 0 Å². The highest BCUT2D eigenvalue weighted by molar-refractivity contribution is 5.69. The first-order valence-corrected chi connectivity index (χ1v) is 13.5. The summed E-state index contributed by atoms with van der Waals surface area (Å²) in [6.45, 7) is 10.9. The van der Waals surface area contributed by atoms with E-state index in [1.807, 2.05) is 0 Å². The van der Waals surface area contributed by atoms with Crippen molar-refractivity contribution in [1.82, 2.24) is 24.5 Å². The van der Waals surface area contributed by atoms with Crippen molar-refractivity contribution < 1.29 is 19.1 Å². The van der Waals surface area contributed by atoms with Gasteiger partial charge >= 0.3 is 12.1 Å². The van der Waals surface area contributed by atoms with Gasteiger partial charge in [0.15, 0.2) is 6.23 Å². The molecule has 3 fully saturated rings. The number of methoxy groups -OCH3 is 1. The molecular formula is C27H43N5O4. The van der Waals surface area contributed by atoms with E-state index >= 15 is 0 Å². The fraction of sp³-hybridized carbons (Fsp3) is 0.704. The van der Waals surface area contributed by atoms with Gasteiger partial charge in [-0.3, -0.25) is 14.6 Å². The number of hydrogen-bond donors (Lipinski definition) is 0. The van der Waals surface area contributed by atoms with Crippen LogP contribution in [0.15, 0.2) is 30.3 Å². The van der Waals surface area contributed by atoms with E-state index in [9.17, 15) is 9.59 Å². The summed E-state index contributed by atoms with van der Waals surface area (Å²) >= 11 is 0. The summed E-state index contributed by atoms with van der Waals surface area (Å²) in [5.41, 5.74) is 1.39. The van der Waals surface area contributed by atoms with Crippen LogP contribution in [0.3, 0.4) is 0 Å². The average molecular weight is 502 g/mol. The first-order valence-electron chi connectivity index (χ1n) is 13.5. The van der Waals surface area contributed by atoms with Gasteiger partial charge in [0.05, 0.1) is 13.7 Å². The van der Waals surface area contributed by atoms with Crippen LogP contribution in [0, 0.1) is 0 Å². The number of esters is 1. The Morgan fingerprint density at radius 1 is 0.944 bits per heavy atom. The maximum Gasteiger partial charge on any atom is 0.411 e. The van der Waals surface area contributed by atoms with Gasteiger partial charge in [0.25, 0.3) is 0 Å². The monoisotopic (exact) mass is 501 g/mol. The zero-order valence-electron chi connectivity index (χ0n) is 22.0. The summed E-state index contributed by atoms with van der Waals surface area (Å²) < 4.78 is 10.5. The molecule has 0 aromatic heterocycles. The molecule has 36 heavy (non-hydrogen) atoms. The summed E-state index contributed by atoms with van der Waals surface area (Å²) in [4.78, 5) is 35.2. The lowest BCUT2D eigenvalue weighted by molar-refractivity contribution is -0.140. The zero-order valence-corrected chi connectivity index (χ0v) is 22.0. The fourth-order valence-corrected chi connectivity index (χ4v) is 5.61. The van der Waals surface area contributed by atoms with E-state index in [4.69, 9.17) is 9.47 Å². The lowest BCUT2D eigenvalue weighted by Gasteiger charge is -2.43. The van der Waals surface area contributed by atoms with Crippen LogP contribution in [0.2, 0.25) is 0 Å². The molecule has 0 aliphatic carbocycles. The molecule has 9 nitrogen and oxygen atoms in total. The molecule has 0 N–H and O–H groups in total. The lowest BCUT2D eigenvalue weighted by Crippen LogP contribution is -2.57. The number of carbonyl (C=O) groups is 2. The Hall–Kier alpha value is -2.20. The summed E-state index contributed by atoms with van der Waals surface area (Å²) in [5, 5.41) is 0. The van der Waals surface area contributed by atoms with Crippen LogP contribution >= 0.6 is 0 Å². The van der Waals surface area contributed by atoms with Gasteiger partial charge < -0.3 is 24.2 Å². The Labute approximate surface area is 215 Å². The third-order valence-corrected chi connectivity index (χ3v) is 7.77. The summed E-state index contributed by atoms with van der Waals surface area (Å²) in [5.74, 6) is -0.144. The number of benzene rings is 1. The average Bonchev–Trinajstić information content (AvgIpc) is 3.23. The van der Waals surface area contributed by atoms with Gasteiger partial charge in [-0.15, -0.1) is 0 Å². The van der Waals surface area contributed by atoms with Gasteiger partial charge in [-0.05, 0) is 37.9 Å². The van der Waals surface area contributed by atoms with Crippen molar-refractivity contribution in [2.75, 3.05) is 79.6 Å². The molecule has 3 saturated heterocycles. The Morgan fingerprint density at radius 3 is 2.33 bits per heavy atom. The van der Waals surface area contributed by atoms with Crippen LogP contribution in [-0.4, -0.2) is 128 Å². The van der Waals surface area contributed by atoms with Gasteiger partial charge in [0, 0.05) is 71.9 Å². The van der Waals surface area contributed by atoms with Crippen molar-refractivity contribution in [1.29, 1.82) is 0 Å². The van der Waals surface area contributed by atoms with Crippen molar-refractivity contribution in [2.45, 2.75) is 44.5 Å². The van der Waals surface area contributed by atoms with Gasteiger partial charge in [-0.25, -0.2) is 4.79 Å². The molecule has 3 aliphatic heterocycles. The number of ether oxygens (including phenoxy) is 2. The number of amides is 1. The smallest absolute Gasteiger partial charge is 0.411 e. The lowest BCUT2D eigenvalue weighted by atomic mass is 10.0. The zero-order chi connectivity index (χ0) is 25.3. The Balaban J connectivity index is 1.23. The predicted octanol–water partition coefficient (Wildman–Crippen LogP) is 1.93. The Bertz CT molecular complexity index is 833. The second kappa shape index (κ2) is 13.4. The highest BCUT2D eigenvalue weighted by Gasteiger charge is 2.39. The molecular weight excluding hydrogens is 458 g/mol. The molecule has 0 saturated carbocycles. The van der Waals surface area contributed by atoms with Crippen molar-refractivity contribution >= 4 is 12.1 Å². The Morgan fingerprint density at radius 2 is 1.64 bits per heavy atom. The van der Waals surface area contributed by atoms with E-state index < -0.39 is 0 Å². The summed E-state index contributed by atoms with van der Waals surface area (Å²) in [7, 11) is 3.25. The van der Waals surface area contributed by atoms with Gasteiger partial charge in [-0.1, -0.05) is 30.3 Å². The van der Waals surface area contributed by atoms with Gasteiger partial charge in [-0.2, -0.15) is 0 Å². The van der Waals surface area contributed by atoms with Crippen LogP contribution in [0.4, 0.5) is 4.79 Å². The number of cyclic esters (lactones) is 1. The highest BCUT2D eigenvalue weighted by Crippen LogP contribution is 2.23. The number of rotatable bonds is 11. The molecule has 2 unspecified atom stereocenters. The first-order chi connectivity index (χ1) is 17.5. The molecule has 1 aromatic carbocycles. The second-order valence-electron chi connectivity index (χ2n) is 10.3. The van der Waals surface area contributed by atoms with Gasteiger partial charge in [0.2, 0.25) is 0 Å². The van der Waals surface area contributed by atoms with Crippen LogP contribution < -0.4 is 0 Å². The largest absolute Gasteiger partial charge is 0.469 e. The van der Waals surface area contributed by atoms with Crippen LogP contribution in [0.1, 0.15) is 31.2 Å². The van der Waals surface area contributed by atoms with E-state index in [0.717, 1.165) is 84.7 Å². The molecule has 3 aliphatic rings. The molecule has 0 spiro atoms. The summed E-state index contributed by atoms with van der Waals surface area (Å²) in [6.07, 6.45) is 3.09. The topological polar surface area (TPSA) is 68.8 Å². The number of piperazine rings is 2. The molecule has 200 valence electrons. The van der Waals surface area contributed by atoms with E-state index in [0.29, 0.717) is 19.0 Å². The van der Waals surface area contributed by atoms with Crippen molar-refractivity contribution in [3.05, 3.63) is 35.9 Å². The quantitative estimate of drug-likeness (QED) is 0.426. The molecule has 0 radical (unpaired) electrons. The van der Waals surface area contributed by atoms with Crippen LogP contribution in [-0.2, 0) is 20.8 Å². The van der Waals surface area contributed by atoms with E-state index in [1.165, 1.54) is 12.7 Å². The van der Waals surface area contributed by atoms with Crippen molar-refractivity contribution in [2.24, 2.45) is 0 Å². The number of likely N-dealkylation sites (N-methyl/N-ethyl adjacent to an activating group) is 1. The normalized spacial score (nSPS) is 24.7. The van der Waals surface area contributed by atoms with Crippen molar-refractivity contribution in [3.8, 4) is 0 Å². The Kier molecular flexibility index (Phi) is 9.98. The van der Waals surface area contributed by atoms with E-state index in [1.54, 1.807) is 11.9 Å². The molecule has 4 rings (SSSR count). The molecule has 1 aromatic rings. The van der Waals surface area contributed by atoms with Crippen molar-refractivity contribution in [3.63, 3.8) is 0 Å². The molecule has 2 atom stereocenters. The maximum absolute atomic E-state index is 12.0. The fourth-order valence-electron chi connectivity index (χ4n) is 5.61. The molecule has 3 heterocycles. The SMILES string of the molecule is COC(=O)CCCN1CCN(C2CN(C)C(=O)O2)C(CCCN2CCN(Cc3ccccc3)CC2)C1. The molecule has 1 amide bonds. The standard InChI is InChI=1S/C27H43N5O4/c1-28-22-25(36-27(28)34)32-19-18-30(13-7-11-26(33)35-2)21-24(32)10-6-12-29-14-16-31(17-15-29)20-23-8-4-3-5-9-23/h3-5,8-9,24-25H,6-7,10-22H2,1-2H3. The number of nitrogens with zero attached hydrogens (tertiary/aromatic N) is 5. The third-order valence-electron chi connectivity index (χ3n) is 7.77. The second-order valence-corrected chi connectivity index (χ2v) is 10.3. The number of hydrogen-bond acceptors (Lipinski definition) is 8. The highest BCUT2D eigenvalue weighted by atomic mass is 16.6. The molecule has 9 heteroatoms. The molecule has 0 bridgehead atoms. The van der Waals surface area contributed by atoms with Crippen LogP contribution in [0.5, 0.6) is 0 Å². The minimum absolute atomic E-state index is 0.144. The minimum Gasteiger partial charge on any atom is -0.469 e. The first kappa shape index (κ1) is 26.9. The summed E-state index contributed by atoms with van der Waals surface area (Å²) in [6, 6.07) is 11.1. The third kappa shape index (κ3) is 7.65. The maximum atomic E-state index is 12.0. The van der Waals surface area contributed by atoms with E-state index in [2.05, 4.69) is 49.9 Å². The van der Waals surface area contributed by atoms with Gasteiger partial charge in [0.1, 0.15) is 0 Å².